The van der Waals surface area contributed by atoms with Crippen molar-refractivity contribution in [3.63, 3.8) is 0 Å². The number of fused-ring (bicyclic) bond motifs is 1. The van der Waals surface area contributed by atoms with Crippen LogP contribution in [0, 0.1) is 0 Å². The van der Waals surface area contributed by atoms with Crippen molar-refractivity contribution in [2.24, 2.45) is 0 Å². The third-order valence-corrected chi connectivity index (χ3v) is 3.79. The first kappa shape index (κ1) is 17.3. The minimum absolute atomic E-state index is 0.199. The SMILES string of the molecule is COc1ccc(OC)c(NC(=O)/C=C/c2coc3ccccc3c2=O)c1. The number of hydrogen-bond donors (Lipinski definition) is 1. The van der Waals surface area contributed by atoms with Crippen LogP contribution >= 0.6 is 0 Å². The molecule has 6 heteroatoms. The number of amides is 1. The molecule has 0 aliphatic carbocycles. The third kappa shape index (κ3) is 3.59. The maximum absolute atomic E-state index is 12.4. The molecule has 1 heterocycles. The van der Waals surface area contributed by atoms with Gasteiger partial charge in [0.2, 0.25) is 5.91 Å². The first-order valence-corrected chi connectivity index (χ1v) is 7.84. The van der Waals surface area contributed by atoms with Crippen molar-refractivity contribution < 1.29 is 18.7 Å². The van der Waals surface area contributed by atoms with E-state index in [4.69, 9.17) is 13.9 Å². The van der Waals surface area contributed by atoms with Crippen LogP contribution in [0.1, 0.15) is 5.56 Å². The zero-order chi connectivity index (χ0) is 18.5. The van der Waals surface area contributed by atoms with Crippen LogP contribution in [0.15, 0.2) is 64.0 Å². The van der Waals surface area contributed by atoms with Crippen LogP contribution in [0.5, 0.6) is 11.5 Å². The summed E-state index contributed by atoms with van der Waals surface area (Å²) < 4.78 is 15.8. The van der Waals surface area contributed by atoms with E-state index >= 15 is 0 Å². The lowest BCUT2D eigenvalue weighted by Crippen LogP contribution is -2.10. The summed E-state index contributed by atoms with van der Waals surface area (Å²) >= 11 is 0. The minimum atomic E-state index is -0.413. The molecule has 0 bridgehead atoms. The van der Waals surface area contributed by atoms with Crippen LogP contribution in [0.25, 0.3) is 17.0 Å². The van der Waals surface area contributed by atoms with Crippen molar-refractivity contribution in [3.05, 3.63) is 70.6 Å². The summed E-state index contributed by atoms with van der Waals surface area (Å²) in [6.07, 6.45) is 4.01. The summed E-state index contributed by atoms with van der Waals surface area (Å²) in [5.74, 6) is 0.669. The maximum Gasteiger partial charge on any atom is 0.248 e. The molecule has 1 amide bonds. The fraction of sp³-hybridized carbons (Fsp3) is 0.100. The molecular formula is C20H17NO5. The van der Waals surface area contributed by atoms with Crippen LogP contribution in [0.2, 0.25) is 0 Å². The topological polar surface area (TPSA) is 77.8 Å². The number of methoxy groups -OCH3 is 2. The third-order valence-electron chi connectivity index (χ3n) is 3.79. The Hall–Kier alpha value is -3.54. The van der Waals surface area contributed by atoms with Gasteiger partial charge in [-0.15, -0.1) is 0 Å². The number of nitrogens with one attached hydrogen (secondary N) is 1. The zero-order valence-corrected chi connectivity index (χ0v) is 14.3. The van der Waals surface area contributed by atoms with Crippen LogP contribution in [-0.4, -0.2) is 20.1 Å². The number of rotatable bonds is 5. The number of ether oxygens (including phenoxy) is 2. The second-order valence-electron chi connectivity index (χ2n) is 5.41. The molecule has 3 rings (SSSR count). The van der Waals surface area contributed by atoms with Crippen LogP contribution in [0.3, 0.4) is 0 Å². The van der Waals surface area contributed by atoms with Gasteiger partial charge in [-0.3, -0.25) is 9.59 Å². The number of benzene rings is 2. The molecule has 0 atom stereocenters. The Labute approximate surface area is 149 Å². The molecule has 0 saturated heterocycles. The number of carbonyl (C=O) groups is 1. The standard InChI is InChI=1S/C20H17NO5/c1-24-14-8-9-18(25-2)16(11-14)21-19(22)10-7-13-12-26-17-6-4-3-5-15(17)20(13)23/h3-12H,1-2H3,(H,21,22)/b10-7+. The van der Waals surface area contributed by atoms with Gasteiger partial charge in [-0.2, -0.15) is 0 Å². The fourth-order valence-corrected chi connectivity index (χ4v) is 2.46. The Morgan fingerprint density at radius 3 is 2.69 bits per heavy atom. The van der Waals surface area contributed by atoms with Crippen molar-refractivity contribution in [2.75, 3.05) is 19.5 Å². The molecule has 0 radical (unpaired) electrons. The summed E-state index contributed by atoms with van der Waals surface area (Å²) in [4.78, 5) is 24.6. The fourth-order valence-electron chi connectivity index (χ4n) is 2.46. The molecule has 0 aliphatic heterocycles. The molecule has 3 aromatic rings. The molecule has 0 fully saturated rings. The number of hydrogen-bond acceptors (Lipinski definition) is 5. The monoisotopic (exact) mass is 351 g/mol. The summed E-state index contributed by atoms with van der Waals surface area (Å²) in [5, 5.41) is 3.16. The summed E-state index contributed by atoms with van der Waals surface area (Å²) in [6.45, 7) is 0. The van der Waals surface area contributed by atoms with E-state index in [1.165, 1.54) is 32.6 Å². The van der Waals surface area contributed by atoms with Gasteiger partial charge in [0.25, 0.3) is 0 Å². The van der Waals surface area contributed by atoms with E-state index < -0.39 is 5.91 Å². The quantitative estimate of drug-likeness (QED) is 0.712. The van der Waals surface area contributed by atoms with E-state index in [2.05, 4.69) is 5.32 Å². The molecule has 0 aliphatic rings. The Kier molecular flexibility index (Phi) is 5.03. The van der Waals surface area contributed by atoms with Gasteiger partial charge in [0.15, 0.2) is 5.43 Å². The van der Waals surface area contributed by atoms with Crippen molar-refractivity contribution in [1.29, 1.82) is 0 Å². The van der Waals surface area contributed by atoms with Crippen molar-refractivity contribution in [1.82, 2.24) is 0 Å². The molecule has 2 aromatic carbocycles. The molecule has 1 N–H and O–H groups in total. The summed E-state index contributed by atoms with van der Waals surface area (Å²) in [7, 11) is 3.04. The first-order valence-electron chi connectivity index (χ1n) is 7.84. The van der Waals surface area contributed by atoms with E-state index in [-0.39, 0.29) is 11.0 Å². The predicted octanol–water partition coefficient (Wildman–Crippen LogP) is 3.46. The molecule has 132 valence electrons. The van der Waals surface area contributed by atoms with Crippen LogP contribution < -0.4 is 20.2 Å². The van der Waals surface area contributed by atoms with E-state index in [1.807, 2.05) is 0 Å². The Balaban J connectivity index is 1.82. The van der Waals surface area contributed by atoms with E-state index in [1.54, 1.807) is 42.5 Å². The predicted molar refractivity (Wildman–Crippen MR) is 99.7 cm³/mol. The Morgan fingerprint density at radius 2 is 1.92 bits per heavy atom. The second kappa shape index (κ2) is 7.57. The van der Waals surface area contributed by atoms with Crippen molar-refractivity contribution >= 4 is 28.6 Å². The largest absolute Gasteiger partial charge is 0.497 e. The summed E-state index contributed by atoms with van der Waals surface area (Å²) in [5.41, 5.74) is 1.05. The molecular weight excluding hydrogens is 334 g/mol. The lowest BCUT2D eigenvalue weighted by molar-refractivity contribution is -0.111. The van der Waals surface area contributed by atoms with Gasteiger partial charge in [0.05, 0.1) is 30.9 Å². The molecule has 26 heavy (non-hydrogen) atoms. The highest BCUT2D eigenvalue weighted by molar-refractivity contribution is 6.03. The molecule has 0 saturated carbocycles. The van der Waals surface area contributed by atoms with Gasteiger partial charge in [0, 0.05) is 12.1 Å². The minimum Gasteiger partial charge on any atom is -0.497 e. The van der Waals surface area contributed by atoms with Gasteiger partial charge in [-0.1, -0.05) is 12.1 Å². The second-order valence-corrected chi connectivity index (χ2v) is 5.41. The molecule has 1 aromatic heterocycles. The average Bonchev–Trinajstić information content (AvgIpc) is 2.67. The van der Waals surface area contributed by atoms with Gasteiger partial charge >= 0.3 is 0 Å². The van der Waals surface area contributed by atoms with Gasteiger partial charge < -0.3 is 19.2 Å². The lowest BCUT2D eigenvalue weighted by atomic mass is 10.1. The average molecular weight is 351 g/mol. The van der Waals surface area contributed by atoms with Gasteiger partial charge in [-0.05, 0) is 30.3 Å². The van der Waals surface area contributed by atoms with Crippen LogP contribution in [-0.2, 0) is 4.79 Å². The highest BCUT2D eigenvalue weighted by Gasteiger charge is 2.08. The van der Waals surface area contributed by atoms with E-state index in [9.17, 15) is 9.59 Å². The molecule has 0 unspecified atom stereocenters. The summed E-state index contributed by atoms with van der Waals surface area (Å²) in [6, 6.07) is 12.0. The van der Waals surface area contributed by atoms with E-state index in [0.717, 1.165) is 0 Å². The number of carbonyl (C=O) groups excluding carboxylic acids is 1. The normalized spacial score (nSPS) is 10.8. The van der Waals surface area contributed by atoms with Crippen molar-refractivity contribution in [2.45, 2.75) is 0 Å². The van der Waals surface area contributed by atoms with Crippen molar-refractivity contribution in [3.8, 4) is 11.5 Å². The van der Waals surface area contributed by atoms with Gasteiger partial charge in [-0.25, -0.2) is 0 Å². The maximum atomic E-state index is 12.4. The highest BCUT2D eigenvalue weighted by atomic mass is 16.5. The Morgan fingerprint density at radius 1 is 1.12 bits per heavy atom. The Bertz CT molecular complexity index is 1040. The number of para-hydroxylation sites is 1. The molecule has 0 spiro atoms. The highest BCUT2D eigenvalue weighted by Crippen LogP contribution is 2.28. The smallest absolute Gasteiger partial charge is 0.248 e. The lowest BCUT2D eigenvalue weighted by Gasteiger charge is -2.10. The molecule has 6 nitrogen and oxygen atoms in total. The van der Waals surface area contributed by atoms with Crippen LogP contribution in [0.4, 0.5) is 5.69 Å². The first-order chi connectivity index (χ1) is 12.6. The van der Waals surface area contributed by atoms with E-state index in [0.29, 0.717) is 28.2 Å². The van der Waals surface area contributed by atoms with Gasteiger partial charge in [0.1, 0.15) is 23.3 Å². The zero-order valence-electron chi connectivity index (χ0n) is 14.3. The number of anilines is 1.